The van der Waals surface area contributed by atoms with Gasteiger partial charge >= 0.3 is 0 Å². The maximum Gasteiger partial charge on any atom is 0.119 e. The predicted molar refractivity (Wildman–Crippen MR) is 88.9 cm³/mol. The third-order valence-corrected chi connectivity index (χ3v) is 3.81. The molecule has 0 aliphatic carbocycles. The van der Waals surface area contributed by atoms with E-state index in [2.05, 4.69) is 32.9 Å². The maximum absolute atomic E-state index is 6.27. The van der Waals surface area contributed by atoms with Crippen LogP contribution in [0.4, 0.5) is 0 Å². The van der Waals surface area contributed by atoms with Gasteiger partial charge in [0.2, 0.25) is 0 Å². The van der Waals surface area contributed by atoms with Crippen LogP contribution in [-0.4, -0.2) is 12.6 Å². The number of rotatable bonds is 6. The molecule has 0 aliphatic heterocycles. The van der Waals surface area contributed by atoms with Gasteiger partial charge in [-0.1, -0.05) is 35.9 Å². The van der Waals surface area contributed by atoms with Crippen LogP contribution >= 0.6 is 0 Å². The maximum atomic E-state index is 6.27. The van der Waals surface area contributed by atoms with Crippen molar-refractivity contribution in [3.8, 4) is 5.75 Å². The first kappa shape index (κ1) is 15.6. The second kappa shape index (κ2) is 7.28. The fourth-order valence-corrected chi connectivity index (χ4v) is 2.74. The van der Waals surface area contributed by atoms with Crippen LogP contribution in [0, 0.1) is 20.8 Å². The fraction of sp³-hybridized carbons (Fsp3) is 0.368. The molecule has 2 aromatic rings. The van der Waals surface area contributed by atoms with E-state index >= 15 is 0 Å². The summed E-state index contributed by atoms with van der Waals surface area (Å²) in [6.45, 7) is 7.14. The van der Waals surface area contributed by atoms with E-state index in [0.29, 0.717) is 6.61 Å². The first-order valence-corrected chi connectivity index (χ1v) is 7.56. The summed E-state index contributed by atoms with van der Waals surface area (Å²) in [6, 6.07) is 14.5. The normalized spacial score (nSPS) is 12.2. The van der Waals surface area contributed by atoms with Crippen molar-refractivity contribution >= 4 is 0 Å². The van der Waals surface area contributed by atoms with Crippen LogP contribution < -0.4 is 10.5 Å². The Morgan fingerprint density at radius 1 is 1.00 bits per heavy atom. The van der Waals surface area contributed by atoms with Crippen molar-refractivity contribution in [3.05, 3.63) is 64.7 Å². The highest BCUT2D eigenvalue weighted by Crippen LogP contribution is 2.18. The SMILES string of the molecule is Cc1cc(C)c(CC(N)CCOc2ccccc2)c(C)c1. The third-order valence-electron chi connectivity index (χ3n) is 3.81. The number of ether oxygens (including phenoxy) is 1. The molecule has 1 atom stereocenters. The molecule has 21 heavy (non-hydrogen) atoms. The van der Waals surface area contributed by atoms with Crippen molar-refractivity contribution in [2.24, 2.45) is 5.73 Å². The van der Waals surface area contributed by atoms with E-state index in [-0.39, 0.29) is 6.04 Å². The minimum atomic E-state index is 0.133. The molecule has 2 N–H and O–H groups in total. The standard InChI is InChI=1S/C19H25NO/c1-14-11-15(2)19(16(3)12-14)13-17(20)9-10-21-18-7-5-4-6-8-18/h4-8,11-12,17H,9-10,13,20H2,1-3H3. The third kappa shape index (κ3) is 4.61. The fourth-order valence-electron chi connectivity index (χ4n) is 2.74. The molecule has 0 spiro atoms. The van der Waals surface area contributed by atoms with Gasteiger partial charge in [0.25, 0.3) is 0 Å². The Balaban J connectivity index is 1.86. The molecule has 2 nitrogen and oxygen atoms in total. The Hall–Kier alpha value is -1.80. The van der Waals surface area contributed by atoms with Crippen LogP contribution in [0.1, 0.15) is 28.7 Å². The van der Waals surface area contributed by atoms with E-state index in [1.54, 1.807) is 0 Å². The molecule has 0 saturated carbocycles. The first-order chi connectivity index (χ1) is 10.1. The van der Waals surface area contributed by atoms with Gasteiger partial charge in [0.15, 0.2) is 0 Å². The zero-order valence-electron chi connectivity index (χ0n) is 13.2. The van der Waals surface area contributed by atoms with Crippen molar-refractivity contribution in [3.63, 3.8) is 0 Å². The molecule has 0 radical (unpaired) electrons. The smallest absolute Gasteiger partial charge is 0.119 e. The van der Waals surface area contributed by atoms with Gasteiger partial charge in [-0.3, -0.25) is 0 Å². The van der Waals surface area contributed by atoms with Gasteiger partial charge in [-0.05, 0) is 62.4 Å². The Kier molecular flexibility index (Phi) is 5.40. The predicted octanol–water partition coefficient (Wildman–Crippen LogP) is 3.95. The van der Waals surface area contributed by atoms with E-state index in [9.17, 15) is 0 Å². The molecule has 2 aromatic carbocycles. The summed E-state index contributed by atoms with van der Waals surface area (Å²) in [5.41, 5.74) is 11.6. The molecule has 0 fully saturated rings. The molecule has 0 saturated heterocycles. The molecule has 112 valence electrons. The van der Waals surface area contributed by atoms with E-state index in [1.807, 2.05) is 30.3 Å². The molecule has 0 heterocycles. The van der Waals surface area contributed by atoms with Crippen LogP contribution in [0.2, 0.25) is 0 Å². The summed E-state index contributed by atoms with van der Waals surface area (Å²) in [5.74, 6) is 0.910. The van der Waals surface area contributed by atoms with Gasteiger partial charge in [0.05, 0.1) is 6.61 Å². The van der Waals surface area contributed by atoms with Crippen LogP contribution in [0.25, 0.3) is 0 Å². The van der Waals surface area contributed by atoms with Crippen molar-refractivity contribution < 1.29 is 4.74 Å². The summed E-state index contributed by atoms with van der Waals surface area (Å²) in [6.07, 6.45) is 1.78. The molecule has 1 unspecified atom stereocenters. The quantitative estimate of drug-likeness (QED) is 0.871. The van der Waals surface area contributed by atoms with Gasteiger partial charge < -0.3 is 10.5 Å². The first-order valence-electron chi connectivity index (χ1n) is 7.56. The summed E-state index contributed by atoms with van der Waals surface area (Å²) >= 11 is 0. The molecule has 0 bridgehead atoms. The zero-order chi connectivity index (χ0) is 15.2. The number of aryl methyl sites for hydroxylation is 3. The average molecular weight is 283 g/mol. The van der Waals surface area contributed by atoms with Crippen molar-refractivity contribution in [2.75, 3.05) is 6.61 Å². The molecular formula is C19H25NO. The Morgan fingerprint density at radius 2 is 1.62 bits per heavy atom. The number of benzene rings is 2. The molecule has 2 rings (SSSR count). The monoisotopic (exact) mass is 283 g/mol. The minimum absolute atomic E-state index is 0.133. The van der Waals surface area contributed by atoms with E-state index in [4.69, 9.17) is 10.5 Å². The van der Waals surface area contributed by atoms with Crippen molar-refractivity contribution in [1.82, 2.24) is 0 Å². The van der Waals surface area contributed by atoms with Crippen LogP contribution in [0.3, 0.4) is 0 Å². The number of nitrogens with two attached hydrogens (primary N) is 1. The zero-order valence-corrected chi connectivity index (χ0v) is 13.2. The number of hydrogen-bond donors (Lipinski definition) is 1. The van der Waals surface area contributed by atoms with Gasteiger partial charge in [-0.2, -0.15) is 0 Å². The van der Waals surface area contributed by atoms with Crippen LogP contribution in [0.5, 0.6) is 5.75 Å². The van der Waals surface area contributed by atoms with Crippen LogP contribution in [-0.2, 0) is 6.42 Å². The second-order valence-electron chi connectivity index (χ2n) is 5.79. The number of hydrogen-bond acceptors (Lipinski definition) is 2. The lowest BCUT2D eigenvalue weighted by atomic mass is 9.94. The van der Waals surface area contributed by atoms with Gasteiger partial charge in [0.1, 0.15) is 5.75 Å². The van der Waals surface area contributed by atoms with Crippen LogP contribution in [0.15, 0.2) is 42.5 Å². The lowest BCUT2D eigenvalue weighted by molar-refractivity contribution is 0.297. The Labute approximate surface area is 127 Å². The molecule has 2 heteroatoms. The minimum Gasteiger partial charge on any atom is -0.494 e. The highest BCUT2D eigenvalue weighted by molar-refractivity contribution is 5.38. The lowest BCUT2D eigenvalue weighted by Gasteiger charge is -2.17. The molecule has 0 amide bonds. The van der Waals surface area contributed by atoms with Crippen molar-refractivity contribution in [2.45, 2.75) is 39.7 Å². The van der Waals surface area contributed by atoms with Gasteiger partial charge in [0, 0.05) is 6.04 Å². The van der Waals surface area contributed by atoms with E-state index in [1.165, 1.54) is 22.3 Å². The largest absolute Gasteiger partial charge is 0.494 e. The topological polar surface area (TPSA) is 35.2 Å². The Morgan fingerprint density at radius 3 is 2.24 bits per heavy atom. The summed E-state index contributed by atoms with van der Waals surface area (Å²) in [5, 5.41) is 0. The molecule has 0 aromatic heterocycles. The van der Waals surface area contributed by atoms with E-state index in [0.717, 1.165) is 18.6 Å². The molecule has 0 aliphatic rings. The lowest BCUT2D eigenvalue weighted by Crippen LogP contribution is -2.26. The summed E-state index contributed by atoms with van der Waals surface area (Å²) in [7, 11) is 0. The van der Waals surface area contributed by atoms with Gasteiger partial charge in [-0.15, -0.1) is 0 Å². The van der Waals surface area contributed by atoms with Crippen molar-refractivity contribution in [1.29, 1.82) is 0 Å². The van der Waals surface area contributed by atoms with E-state index < -0.39 is 0 Å². The average Bonchev–Trinajstić information content (AvgIpc) is 2.44. The highest BCUT2D eigenvalue weighted by atomic mass is 16.5. The second-order valence-corrected chi connectivity index (χ2v) is 5.79. The summed E-state index contributed by atoms with van der Waals surface area (Å²) < 4.78 is 5.71. The highest BCUT2D eigenvalue weighted by Gasteiger charge is 2.10. The number of para-hydroxylation sites is 1. The molecular weight excluding hydrogens is 258 g/mol. The Bertz CT molecular complexity index is 554. The van der Waals surface area contributed by atoms with Gasteiger partial charge in [-0.25, -0.2) is 0 Å². The summed E-state index contributed by atoms with van der Waals surface area (Å²) in [4.78, 5) is 0.